The number of hydrogen-bond acceptors (Lipinski definition) is 3. The van der Waals surface area contributed by atoms with E-state index in [2.05, 4.69) is 7.05 Å². The number of hydrogen-bond donors (Lipinski definition) is 1. The Hall–Kier alpha value is -2.38. The Morgan fingerprint density at radius 3 is 2.25 bits per heavy atom. The first-order valence-corrected chi connectivity index (χ1v) is 11.0. The molecule has 0 radical (unpaired) electrons. The van der Waals surface area contributed by atoms with Crippen LogP contribution in [0, 0.1) is 13.8 Å². The first-order chi connectivity index (χ1) is 13.3. The van der Waals surface area contributed by atoms with Crippen molar-refractivity contribution < 1.29 is 18.1 Å². The number of sulfonamides is 1. The standard InChI is InChI=1S/C21H27N3O3S/c1-17-8-10-20(11-9-17)28(26,27)24(16-19-7-5-4-6-18(19)2)21(25)23-14-12-22(3)13-15-23/h4-11H,12-16H2,1-3H3/p+1. The van der Waals surface area contributed by atoms with Gasteiger partial charge in [-0.3, -0.25) is 0 Å². The average Bonchev–Trinajstić information content (AvgIpc) is 2.67. The van der Waals surface area contributed by atoms with Gasteiger partial charge in [-0.15, -0.1) is 0 Å². The minimum Gasteiger partial charge on any atom is -0.334 e. The second-order valence-electron chi connectivity index (χ2n) is 7.48. The third kappa shape index (κ3) is 4.36. The fraction of sp³-hybridized carbons (Fsp3) is 0.381. The summed E-state index contributed by atoms with van der Waals surface area (Å²) < 4.78 is 27.8. The van der Waals surface area contributed by atoms with Gasteiger partial charge in [0.05, 0.1) is 44.7 Å². The number of quaternary nitrogens is 1. The number of benzene rings is 2. The lowest BCUT2D eigenvalue weighted by Crippen LogP contribution is -3.12. The van der Waals surface area contributed by atoms with Gasteiger partial charge in [-0.1, -0.05) is 42.0 Å². The summed E-state index contributed by atoms with van der Waals surface area (Å²) in [5.74, 6) is 0. The molecule has 6 nitrogen and oxygen atoms in total. The van der Waals surface area contributed by atoms with Gasteiger partial charge in [-0.05, 0) is 37.1 Å². The van der Waals surface area contributed by atoms with E-state index in [1.54, 1.807) is 29.2 Å². The van der Waals surface area contributed by atoms with Crippen molar-refractivity contribution in [2.24, 2.45) is 0 Å². The monoisotopic (exact) mass is 402 g/mol. The molecule has 0 spiro atoms. The topological polar surface area (TPSA) is 62.1 Å². The molecule has 1 N–H and O–H groups in total. The molecule has 0 atom stereocenters. The molecular weight excluding hydrogens is 374 g/mol. The van der Waals surface area contributed by atoms with Gasteiger partial charge in [-0.2, -0.15) is 0 Å². The highest BCUT2D eigenvalue weighted by molar-refractivity contribution is 7.89. The molecule has 1 fully saturated rings. The highest BCUT2D eigenvalue weighted by Crippen LogP contribution is 2.22. The molecule has 28 heavy (non-hydrogen) atoms. The number of amides is 2. The molecule has 1 aliphatic rings. The van der Waals surface area contributed by atoms with Gasteiger partial charge < -0.3 is 9.80 Å². The summed E-state index contributed by atoms with van der Waals surface area (Å²) in [4.78, 5) is 16.4. The summed E-state index contributed by atoms with van der Waals surface area (Å²) in [5.41, 5.74) is 2.76. The Bertz CT molecular complexity index is 934. The SMILES string of the molecule is Cc1ccc(S(=O)(=O)N(Cc2ccccc2C)C(=O)N2CC[NH+](C)CC2)cc1. The van der Waals surface area contributed by atoms with Crippen molar-refractivity contribution in [3.63, 3.8) is 0 Å². The van der Waals surface area contributed by atoms with E-state index in [1.807, 2.05) is 38.1 Å². The second kappa shape index (κ2) is 8.32. The lowest BCUT2D eigenvalue weighted by molar-refractivity contribution is -0.883. The van der Waals surface area contributed by atoms with Crippen LogP contribution in [0.4, 0.5) is 4.79 Å². The number of carbonyl (C=O) groups excluding carboxylic acids is 1. The molecule has 150 valence electrons. The highest BCUT2D eigenvalue weighted by atomic mass is 32.2. The van der Waals surface area contributed by atoms with E-state index in [1.165, 1.54) is 4.90 Å². The molecule has 0 aromatic heterocycles. The second-order valence-corrected chi connectivity index (χ2v) is 9.34. The van der Waals surface area contributed by atoms with Crippen molar-refractivity contribution in [1.82, 2.24) is 9.21 Å². The van der Waals surface area contributed by atoms with Gasteiger partial charge in [0, 0.05) is 0 Å². The van der Waals surface area contributed by atoms with Crippen LogP contribution in [0.5, 0.6) is 0 Å². The molecular formula is C21H28N3O3S+. The summed E-state index contributed by atoms with van der Waals surface area (Å²) in [5, 5.41) is 0. The highest BCUT2D eigenvalue weighted by Gasteiger charge is 2.34. The fourth-order valence-corrected chi connectivity index (χ4v) is 4.64. The molecule has 1 saturated heterocycles. The molecule has 1 heterocycles. The van der Waals surface area contributed by atoms with Crippen LogP contribution in [-0.4, -0.2) is 56.9 Å². The van der Waals surface area contributed by atoms with Gasteiger partial charge >= 0.3 is 6.03 Å². The Morgan fingerprint density at radius 1 is 1.04 bits per heavy atom. The molecule has 2 aromatic rings. The molecule has 0 bridgehead atoms. The predicted octanol–water partition coefficient (Wildman–Crippen LogP) is 1.44. The van der Waals surface area contributed by atoms with Crippen LogP contribution in [0.2, 0.25) is 0 Å². The zero-order chi connectivity index (χ0) is 20.3. The maximum absolute atomic E-state index is 13.4. The van der Waals surface area contributed by atoms with E-state index < -0.39 is 16.1 Å². The van der Waals surface area contributed by atoms with Gasteiger partial charge in [0.25, 0.3) is 10.0 Å². The van der Waals surface area contributed by atoms with E-state index in [-0.39, 0.29) is 11.4 Å². The molecule has 1 aliphatic heterocycles. The number of likely N-dealkylation sites (N-methyl/N-ethyl adjacent to an activating group) is 1. The number of urea groups is 1. The Balaban J connectivity index is 1.97. The van der Waals surface area contributed by atoms with E-state index in [0.717, 1.165) is 34.1 Å². The summed E-state index contributed by atoms with van der Waals surface area (Å²) >= 11 is 0. The fourth-order valence-electron chi connectivity index (χ4n) is 3.27. The van der Waals surface area contributed by atoms with E-state index in [0.29, 0.717) is 13.1 Å². The predicted molar refractivity (Wildman–Crippen MR) is 109 cm³/mol. The van der Waals surface area contributed by atoms with Gasteiger partial charge in [0.2, 0.25) is 0 Å². The zero-order valence-corrected chi connectivity index (χ0v) is 17.5. The minimum atomic E-state index is -3.96. The maximum Gasteiger partial charge on any atom is 0.334 e. The Morgan fingerprint density at radius 2 is 1.64 bits per heavy atom. The summed E-state index contributed by atoms with van der Waals surface area (Å²) in [6.45, 7) is 6.59. The molecule has 0 aliphatic carbocycles. The van der Waals surface area contributed by atoms with Crippen molar-refractivity contribution in [1.29, 1.82) is 0 Å². The normalized spacial score (nSPS) is 15.5. The van der Waals surface area contributed by atoms with E-state index in [9.17, 15) is 13.2 Å². The quantitative estimate of drug-likeness (QED) is 0.842. The molecule has 3 rings (SSSR count). The van der Waals surface area contributed by atoms with E-state index in [4.69, 9.17) is 0 Å². The summed E-state index contributed by atoms with van der Waals surface area (Å²) in [7, 11) is -1.88. The first kappa shape index (κ1) is 20.4. The number of aryl methyl sites for hydroxylation is 2. The van der Waals surface area contributed by atoms with Crippen LogP contribution < -0.4 is 4.90 Å². The molecule has 2 amide bonds. The first-order valence-electron chi connectivity index (χ1n) is 9.53. The van der Waals surface area contributed by atoms with Crippen LogP contribution in [-0.2, 0) is 16.6 Å². The summed E-state index contributed by atoms with van der Waals surface area (Å²) in [6.07, 6.45) is 0. The van der Waals surface area contributed by atoms with Crippen LogP contribution in [0.3, 0.4) is 0 Å². The lowest BCUT2D eigenvalue weighted by atomic mass is 10.1. The molecule has 0 unspecified atom stereocenters. The van der Waals surface area contributed by atoms with Gasteiger partial charge in [-0.25, -0.2) is 17.5 Å². The maximum atomic E-state index is 13.4. The lowest BCUT2D eigenvalue weighted by Gasteiger charge is -2.34. The number of piperazine rings is 1. The van der Waals surface area contributed by atoms with Crippen LogP contribution in [0.1, 0.15) is 16.7 Å². The smallest absolute Gasteiger partial charge is 0.334 e. The van der Waals surface area contributed by atoms with E-state index >= 15 is 0 Å². The Labute approximate surface area is 167 Å². The third-order valence-electron chi connectivity index (χ3n) is 5.29. The van der Waals surface area contributed by atoms with Crippen molar-refractivity contribution in [2.45, 2.75) is 25.3 Å². The van der Waals surface area contributed by atoms with Crippen LogP contribution >= 0.6 is 0 Å². The number of nitrogens with zero attached hydrogens (tertiary/aromatic N) is 2. The number of rotatable bonds is 4. The van der Waals surface area contributed by atoms with Crippen molar-refractivity contribution in [2.75, 3.05) is 33.2 Å². The third-order valence-corrected chi connectivity index (χ3v) is 7.02. The largest absolute Gasteiger partial charge is 0.334 e. The van der Waals surface area contributed by atoms with Crippen LogP contribution in [0.25, 0.3) is 0 Å². The average molecular weight is 403 g/mol. The van der Waals surface area contributed by atoms with Crippen molar-refractivity contribution >= 4 is 16.1 Å². The Kier molecular flexibility index (Phi) is 6.05. The number of carbonyl (C=O) groups is 1. The summed E-state index contributed by atoms with van der Waals surface area (Å²) in [6, 6.07) is 13.8. The molecule has 2 aromatic carbocycles. The van der Waals surface area contributed by atoms with Gasteiger partial charge in [0.15, 0.2) is 0 Å². The minimum absolute atomic E-state index is 0.0287. The molecule has 0 saturated carbocycles. The van der Waals surface area contributed by atoms with Gasteiger partial charge in [0.1, 0.15) is 0 Å². The number of nitrogens with one attached hydrogen (secondary N) is 1. The zero-order valence-electron chi connectivity index (χ0n) is 16.7. The molecule has 7 heteroatoms. The van der Waals surface area contributed by atoms with Crippen molar-refractivity contribution in [3.8, 4) is 0 Å². The van der Waals surface area contributed by atoms with Crippen LogP contribution in [0.15, 0.2) is 53.4 Å². The van der Waals surface area contributed by atoms with Crippen molar-refractivity contribution in [3.05, 3.63) is 65.2 Å².